The van der Waals surface area contributed by atoms with Gasteiger partial charge >= 0.3 is 6.03 Å². The highest BCUT2D eigenvalue weighted by atomic mass is 16.5. The van der Waals surface area contributed by atoms with Gasteiger partial charge in [0.05, 0.1) is 19.3 Å². The van der Waals surface area contributed by atoms with Crippen molar-refractivity contribution in [1.82, 2.24) is 25.2 Å². The summed E-state index contributed by atoms with van der Waals surface area (Å²) in [6, 6.07) is 2.08. The first-order chi connectivity index (χ1) is 14.7. The number of nitrogens with zero attached hydrogens (tertiary/aromatic N) is 4. The molecule has 1 atom stereocenters. The van der Waals surface area contributed by atoms with E-state index in [1.54, 1.807) is 9.91 Å². The maximum absolute atomic E-state index is 12.8. The fourth-order valence-electron chi connectivity index (χ4n) is 4.89. The summed E-state index contributed by atoms with van der Waals surface area (Å²) in [5.74, 6) is 1.10. The molecule has 0 saturated carbocycles. The van der Waals surface area contributed by atoms with Crippen LogP contribution >= 0.6 is 0 Å². The second-order valence-corrected chi connectivity index (χ2v) is 8.54. The average molecular weight is 410 g/mol. The van der Waals surface area contributed by atoms with Crippen LogP contribution in [-0.2, 0) is 11.2 Å². The summed E-state index contributed by atoms with van der Waals surface area (Å²) < 4.78 is 5.23. The molecule has 6 rings (SSSR count). The number of amides is 3. The van der Waals surface area contributed by atoms with Crippen molar-refractivity contribution in [3.63, 3.8) is 0 Å². The molecule has 3 saturated heterocycles. The molecule has 3 fully saturated rings. The van der Waals surface area contributed by atoms with E-state index in [2.05, 4.69) is 21.4 Å². The van der Waals surface area contributed by atoms with E-state index in [9.17, 15) is 9.59 Å². The van der Waals surface area contributed by atoms with Crippen LogP contribution in [0, 0.1) is 0 Å². The van der Waals surface area contributed by atoms with Gasteiger partial charge in [-0.2, -0.15) is 0 Å². The van der Waals surface area contributed by atoms with E-state index in [4.69, 9.17) is 4.74 Å². The van der Waals surface area contributed by atoms with E-state index in [0.29, 0.717) is 18.9 Å². The third-order valence-corrected chi connectivity index (χ3v) is 6.63. The van der Waals surface area contributed by atoms with Crippen LogP contribution < -0.4 is 10.3 Å². The molecule has 1 aromatic heterocycles. The lowest BCUT2D eigenvalue weighted by atomic mass is 10.1. The zero-order valence-electron chi connectivity index (χ0n) is 16.8. The fourth-order valence-corrected chi connectivity index (χ4v) is 4.89. The Kier molecular flexibility index (Phi) is 4.14. The molecule has 5 aliphatic rings. The van der Waals surface area contributed by atoms with E-state index >= 15 is 0 Å². The molecule has 3 amide bonds. The maximum atomic E-state index is 12.8. The van der Waals surface area contributed by atoms with Crippen LogP contribution in [0.5, 0.6) is 0 Å². The molecule has 1 unspecified atom stereocenters. The number of nitrogens with one attached hydrogen (secondary N) is 2. The van der Waals surface area contributed by atoms with Gasteiger partial charge < -0.3 is 19.5 Å². The lowest BCUT2D eigenvalue weighted by Crippen LogP contribution is -2.54. The van der Waals surface area contributed by atoms with Crippen molar-refractivity contribution >= 4 is 17.8 Å². The van der Waals surface area contributed by atoms with Crippen LogP contribution in [0.1, 0.15) is 35.3 Å². The molecule has 9 heteroatoms. The van der Waals surface area contributed by atoms with Gasteiger partial charge in [-0.15, -0.1) is 0 Å². The van der Waals surface area contributed by atoms with Crippen LogP contribution in [0.3, 0.4) is 0 Å². The maximum Gasteiger partial charge on any atom is 0.340 e. The van der Waals surface area contributed by atoms with Crippen molar-refractivity contribution < 1.29 is 14.3 Å². The van der Waals surface area contributed by atoms with Gasteiger partial charge in [0.2, 0.25) is 0 Å². The number of urea groups is 1. The molecule has 5 aliphatic heterocycles. The Morgan fingerprint density at radius 3 is 2.73 bits per heavy atom. The molecular formula is C21H26N6O3. The minimum atomic E-state index is -0.204. The zero-order chi connectivity index (χ0) is 20.2. The Labute approximate surface area is 174 Å². The first-order valence-corrected chi connectivity index (χ1v) is 10.8. The van der Waals surface area contributed by atoms with E-state index in [1.165, 1.54) is 5.56 Å². The fraction of sp³-hybridized carbons (Fsp3) is 0.524. The highest BCUT2D eigenvalue weighted by Gasteiger charge is 2.42. The van der Waals surface area contributed by atoms with Gasteiger partial charge in [0.25, 0.3) is 5.91 Å². The molecule has 0 aliphatic carbocycles. The smallest absolute Gasteiger partial charge is 0.340 e. The SMILES string of the molecule is O=C(c1cc2c([nH]1)N(C1=CC3NN(C4COC4)C(=O)N3C=C1)CCC2)N1CCCC1. The molecule has 158 valence electrons. The number of likely N-dealkylation sites (tertiary alicyclic amines) is 1. The molecule has 0 radical (unpaired) electrons. The monoisotopic (exact) mass is 410 g/mol. The first kappa shape index (κ1) is 18.0. The van der Waals surface area contributed by atoms with Gasteiger partial charge in [-0.05, 0) is 49.5 Å². The topological polar surface area (TPSA) is 84.2 Å². The van der Waals surface area contributed by atoms with Gasteiger partial charge in [-0.25, -0.2) is 15.2 Å². The average Bonchev–Trinajstić information content (AvgIpc) is 3.45. The van der Waals surface area contributed by atoms with Crippen molar-refractivity contribution in [3.05, 3.63) is 41.4 Å². The molecule has 9 nitrogen and oxygen atoms in total. The van der Waals surface area contributed by atoms with Gasteiger partial charge in [0.15, 0.2) is 0 Å². The molecule has 2 N–H and O–H groups in total. The number of carbonyl (C=O) groups excluding carboxylic acids is 2. The second-order valence-electron chi connectivity index (χ2n) is 8.54. The Bertz CT molecular complexity index is 943. The quantitative estimate of drug-likeness (QED) is 0.787. The largest absolute Gasteiger partial charge is 0.377 e. The predicted molar refractivity (Wildman–Crippen MR) is 109 cm³/mol. The summed E-state index contributed by atoms with van der Waals surface area (Å²) in [6.07, 6.45) is 9.87. The Morgan fingerprint density at radius 1 is 1.13 bits per heavy atom. The minimum Gasteiger partial charge on any atom is -0.377 e. The highest BCUT2D eigenvalue weighted by molar-refractivity contribution is 5.94. The molecule has 0 aromatic carbocycles. The normalized spacial score (nSPS) is 26.1. The van der Waals surface area contributed by atoms with Crippen LogP contribution in [-0.4, -0.2) is 76.8 Å². The Hall–Kier alpha value is -2.78. The number of hydrogen-bond acceptors (Lipinski definition) is 5. The molecule has 0 bridgehead atoms. The molecule has 6 heterocycles. The first-order valence-electron chi connectivity index (χ1n) is 10.8. The summed E-state index contributed by atoms with van der Waals surface area (Å²) in [5.41, 5.74) is 6.20. The van der Waals surface area contributed by atoms with Gasteiger partial charge in [0.1, 0.15) is 17.7 Å². The van der Waals surface area contributed by atoms with Crippen LogP contribution in [0.4, 0.5) is 10.6 Å². The van der Waals surface area contributed by atoms with Crippen LogP contribution in [0.15, 0.2) is 30.1 Å². The zero-order valence-corrected chi connectivity index (χ0v) is 16.8. The number of hydrogen-bond donors (Lipinski definition) is 2. The van der Waals surface area contributed by atoms with Crippen LogP contribution in [0.2, 0.25) is 0 Å². The number of hydrazine groups is 1. The van der Waals surface area contributed by atoms with E-state index in [0.717, 1.165) is 56.8 Å². The number of aromatic nitrogens is 1. The summed E-state index contributed by atoms with van der Waals surface area (Å²) in [6.45, 7) is 3.72. The summed E-state index contributed by atoms with van der Waals surface area (Å²) in [5, 5.41) is 1.68. The van der Waals surface area contributed by atoms with E-state index in [1.807, 2.05) is 23.2 Å². The number of carbonyl (C=O) groups is 2. The summed E-state index contributed by atoms with van der Waals surface area (Å²) >= 11 is 0. The Balaban J connectivity index is 1.25. The third kappa shape index (κ3) is 2.76. The second kappa shape index (κ2) is 6.88. The number of aromatic amines is 1. The van der Waals surface area contributed by atoms with Gasteiger partial charge in [0, 0.05) is 31.5 Å². The van der Waals surface area contributed by atoms with Crippen molar-refractivity contribution in [1.29, 1.82) is 0 Å². The molecule has 0 spiro atoms. The van der Waals surface area contributed by atoms with Crippen LogP contribution in [0.25, 0.3) is 0 Å². The summed E-state index contributed by atoms with van der Waals surface area (Å²) in [7, 11) is 0. The molecule has 30 heavy (non-hydrogen) atoms. The Morgan fingerprint density at radius 2 is 1.97 bits per heavy atom. The van der Waals surface area contributed by atoms with Crippen molar-refractivity contribution in [2.45, 2.75) is 37.9 Å². The number of anilines is 1. The summed E-state index contributed by atoms with van der Waals surface area (Å²) in [4.78, 5) is 34.8. The number of ether oxygens (including phenoxy) is 1. The third-order valence-electron chi connectivity index (χ3n) is 6.63. The number of allylic oxidation sites excluding steroid dienone is 1. The highest BCUT2D eigenvalue weighted by Crippen LogP contribution is 2.33. The van der Waals surface area contributed by atoms with E-state index < -0.39 is 0 Å². The molecular weight excluding hydrogens is 384 g/mol. The number of fused-ring (bicyclic) bond motifs is 2. The number of aryl methyl sites for hydroxylation is 1. The van der Waals surface area contributed by atoms with Crippen molar-refractivity contribution in [2.75, 3.05) is 37.7 Å². The van der Waals surface area contributed by atoms with Crippen molar-refractivity contribution in [2.24, 2.45) is 0 Å². The lowest BCUT2D eigenvalue weighted by molar-refractivity contribution is -0.0582. The number of rotatable bonds is 3. The van der Waals surface area contributed by atoms with Gasteiger partial charge in [-0.1, -0.05) is 0 Å². The standard InChI is InChI=1S/C21H26N6O3/c28-20(24-6-1-2-7-24)17-10-14-4-3-8-25(19(14)22-17)15-5-9-26-18(11-15)23-27(21(26)29)16-12-30-13-16/h5,9-11,16,18,22-23H,1-4,6-8,12-13H2. The van der Waals surface area contributed by atoms with Gasteiger partial charge in [-0.3, -0.25) is 9.69 Å². The minimum absolute atomic E-state index is 0.0439. The molecule has 1 aromatic rings. The van der Waals surface area contributed by atoms with E-state index in [-0.39, 0.29) is 24.1 Å². The lowest BCUT2D eigenvalue weighted by Gasteiger charge is -2.33. The van der Waals surface area contributed by atoms with Crippen molar-refractivity contribution in [3.8, 4) is 0 Å². The predicted octanol–water partition coefficient (Wildman–Crippen LogP) is 1.38. The number of H-pyrrole nitrogens is 1.